The summed E-state index contributed by atoms with van der Waals surface area (Å²) in [5, 5.41) is 2.82. The van der Waals surface area contributed by atoms with Gasteiger partial charge in [0.2, 0.25) is 0 Å². The third-order valence-corrected chi connectivity index (χ3v) is 3.56. The molecule has 2 rings (SSSR count). The van der Waals surface area contributed by atoms with Gasteiger partial charge in [0.05, 0.1) is 0 Å². The van der Waals surface area contributed by atoms with Gasteiger partial charge in [0, 0.05) is 29.9 Å². The minimum absolute atomic E-state index is 0.0403. The Morgan fingerprint density at radius 1 is 1.00 bits per heavy atom. The molecule has 0 aliphatic rings. The highest BCUT2D eigenvalue weighted by atomic mass is 16.2. The van der Waals surface area contributed by atoms with Crippen molar-refractivity contribution >= 4 is 17.5 Å². The molecule has 0 unspecified atom stereocenters. The lowest BCUT2D eigenvalue weighted by Gasteiger charge is -2.21. The number of likely N-dealkylation sites (N-methyl/N-ethyl adjacent to an activating group) is 1. The maximum absolute atomic E-state index is 12.5. The van der Waals surface area contributed by atoms with Gasteiger partial charge >= 0.3 is 0 Å². The first-order valence-electron chi connectivity index (χ1n) is 7.91. The summed E-state index contributed by atoms with van der Waals surface area (Å²) < 4.78 is 0. The molecule has 0 aliphatic heterocycles. The van der Waals surface area contributed by atoms with Crippen LogP contribution in [0.4, 0.5) is 5.69 Å². The standard InChI is InChI=1S/C20H22N2O2/c1-4-22(14-15(2)3)20(24)17-10-12-18(13-11-17)21-19(23)16-8-6-5-7-9-16/h5-13H,2,4,14H2,1,3H3,(H,21,23). The predicted octanol–water partition coefficient (Wildman–Crippen LogP) is 3.98. The lowest BCUT2D eigenvalue weighted by molar-refractivity contribution is 0.0778. The average Bonchev–Trinajstić information content (AvgIpc) is 2.60. The number of benzene rings is 2. The van der Waals surface area contributed by atoms with Crippen molar-refractivity contribution in [2.75, 3.05) is 18.4 Å². The van der Waals surface area contributed by atoms with Crippen molar-refractivity contribution < 1.29 is 9.59 Å². The highest BCUT2D eigenvalue weighted by molar-refractivity contribution is 6.04. The Balaban J connectivity index is 2.06. The fourth-order valence-corrected chi connectivity index (χ4v) is 2.32. The Kier molecular flexibility index (Phi) is 5.90. The van der Waals surface area contributed by atoms with E-state index in [0.717, 1.165) is 5.57 Å². The fraction of sp³-hybridized carbons (Fsp3) is 0.200. The highest BCUT2D eigenvalue weighted by Crippen LogP contribution is 2.13. The van der Waals surface area contributed by atoms with Crippen LogP contribution in [0.15, 0.2) is 66.7 Å². The highest BCUT2D eigenvalue weighted by Gasteiger charge is 2.14. The van der Waals surface area contributed by atoms with Crippen LogP contribution in [0.2, 0.25) is 0 Å². The van der Waals surface area contributed by atoms with Crippen molar-refractivity contribution in [1.82, 2.24) is 4.90 Å². The van der Waals surface area contributed by atoms with Crippen LogP contribution < -0.4 is 5.32 Å². The molecule has 4 nitrogen and oxygen atoms in total. The van der Waals surface area contributed by atoms with Gasteiger partial charge in [-0.2, -0.15) is 0 Å². The van der Waals surface area contributed by atoms with Crippen LogP contribution in [0.3, 0.4) is 0 Å². The molecule has 0 fully saturated rings. The van der Waals surface area contributed by atoms with E-state index in [9.17, 15) is 9.59 Å². The van der Waals surface area contributed by atoms with Gasteiger partial charge < -0.3 is 10.2 Å². The maximum atomic E-state index is 12.5. The summed E-state index contributed by atoms with van der Waals surface area (Å²) in [5.74, 6) is -0.214. The van der Waals surface area contributed by atoms with E-state index in [2.05, 4.69) is 11.9 Å². The molecule has 124 valence electrons. The number of nitrogens with zero attached hydrogens (tertiary/aromatic N) is 1. The maximum Gasteiger partial charge on any atom is 0.255 e. The lowest BCUT2D eigenvalue weighted by Crippen LogP contribution is -2.32. The van der Waals surface area contributed by atoms with Gasteiger partial charge in [-0.15, -0.1) is 0 Å². The van der Waals surface area contributed by atoms with Crippen molar-refractivity contribution in [2.45, 2.75) is 13.8 Å². The topological polar surface area (TPSA) is 49.4 Å². The van der Waals surface area contributed by atoms with Gasteiger partial charge in [0.1, 0.15) is 0 Å². The molecule has 1 N–H and O–H groups in total. The molecule has 0 saturated heterocycles. The van der Waals surface area contributed by atoms with E-state index in [1.165, 1.54) is 0 Å². The summed E-state index contributed by atoms with van der Waals surface area (Å²) in [6.07, 6.45) is 0. The monoisotopic (exact) mass is 322 g/mol. The lowest BCUT2D eigenvalue weighted by atomic mass is 10.1. The predicted molar refractivity (Wildman–Crippen MR) is 97.2 cm³/mol. The Hall–Kier alpha value is -2.88. The van der Waals surface area contributed by atoms with Crippen LogP contribution in [0.1, 0.15) is 34.6 Å². The minimum atomic E-state index is -0.174. The van der Waals surface area contributed by atoms with Crippen LogP contribution in [0.25, 0.3) is 0 Å². The molecule has 2 amide bonds. The second-order valence-electron chi connectivity index (χ2n) is 5.67. The van der Waals surface area contributed by atoms with E-state index in [-0.39, 0.29) is 11.8 Å². The van der Waals surface area contributed by atoms with Crippen LogP contribution in [-0.4, -0.2) is 29.8 Å². The Morgan fingerprint density at radius 2 is 1.62 bits per heavy atom. The molecule has 24 heavy (non-hydrogen) atoms. The first kappa shape index (κ1) is 17.5. The van der Waals surface area contributed by atoms with E-state index in [1.54, 1.807) is 41.3 Å². The van der Waals surface area contributed by atoms with Crippen LogP contribution >= 0.6 is 0 Å². The van der Waals surface area contributed by atoms with Crippen molar-refractivity contribution in [1.29, 1.82) is 0 Å². The molecule has 0 aromatic heterocycles. The molecule has 0 radical (unpaired) electrons. The molecule has 0 saturated carbocycles. The molecule has 2 aromatic rings. The van der Waals surface area contributed by atoms with E-state index in [1.807, 2.05) is 32.0 Å². The fourth-order valence-electron chi connectivity index (χ4n) is 2.32. The first-order chi connectivity index (χ1) is 11.5. The third kappa shape index (κ3) is 4.56. The van der Waals surface area contributed by atoms with Gasteiger partial charge in [-0.25, -0.2) is 0 Å². The molecule has 4 heteroatoms. The van der Waals surface area contributed by atoms with E-state index in [4.69, 9.17) is 0 Å². The quantitative estimate of drug-likeness (QED) is 0.818. The first-order valence-corrected chi connectivity index (χ1v) is 7.91. The molecule has 2 aromatic carbocycles. The summed E-state index contributed by atoms with van der Waals surface area (Å²) in [4.78, 5) is 26.3. The number of rotatable bonds is 6. The summed E-state index contributed by atoms with van der Waals surface area (Å²) in [7, 11) is 0. The average molecular weight is 322 g/mol. The van der Waals surface area contributed by atoms with Gasteiger partial charge in [0.25, 0.3) is 11.8 Å². The second-order valence-corrected chi connectivity index (χ2v) is 5.67. The number of hydrogen-bond acceptors (Lipinski definition) is 2. The molecular weight excluding hydrogens is 300 g/mol. The molecule has 0 spiro atoms. The number of carbonyl (C=O) groups excluding carboxylic acids is 2. The van der Waals surface area contributed by atoms with Crippen molar-refractivity contribution in [3.05, 3.63) is 77.9 Å². The Labute approximate surface area is 142 Å². The molecule has 0 heterocycles. The Bertz CT molecular complexity index is 721. The number of carbonyl (C=O) groups is 2. The largest absolute Gasteiger partial charge is 0.335 e. The number of nitrogens with one attached hydrogen (secondary N) is 1. The normalized spacial score (nSPS) is 10.1. The summed E-state index contributed by atoms with van der Waals surface area (Å²) >= 11 is 0. The number of anilines is 1. The van der Waals surface area contributed by atoms with Crippen LogP contribution in [-0.2, 0) is 0 Å². The van der Waals surface area contributed by atoms with Crippen molar-refractivity contribution in [2.24, 2.45) is 0 Å². The van der Waals surface area contributed by atoms with Gasteiger partial charge in [-0.3, -0.25) is 9.59 Å². The minimum Gasteiger partial charge on any atom is -0.335 e. The molecule has 0 aliphatic carbocycles. The van der Waals surface area contributed by atoms with Gasteiger partial charge in [-0.1, -0.05) is 30.4 Å². The van der Waals surface area contributed by atoms with Gasteiger partial charge in [-0.05, 0) is 50.2 Å². The van der Waals surface area contributed by atoms with Crippen molar-refractivity contribution in [3.63, 3.8) is 0 Å². The molecule has 0 bridgehead atoms. The molecule has 0 atom stereocenters. The van der Waals surface area contributed by atoms with Crippen LogP contribution in [0, 0.1) is 0 Å². The summed E-state index contributed by atoms with van der Waals surface area (Å²) in [5.41, 5.74) is 2.78. The van der Waals surface area contributed by atoms with Crippen molar-refractivity contribution in [3.8, 4) is 0 Å². The zero-order valence-electron chi connectivity index (χ0n) is 14.1. The summed E-state index contributed by atoms with van der Waals surface area (Å²) in [6.45, 7) is 8.86. The number of amides is 2. The summed E-state index contributed by atoms with van der Waals surface area (Å²) in [6, 6.07) is 15.9. The number of hydrogen-bond donors (Lipinski definition) is 1. The van der Waals surface area contributed by atoms with E-state index >= 15 is 0 Å². The Morgan fingerprint density at radius 3 is 2.17 bits per heavy atom. The second kappa shape index (κ2) is 8.11. The van der Waals surface area contributed by atoms with Crippen LogP contribution in [0.5, 0.6) is 0 Å². The van der Waals surface area contributed by atoms with E-state index in [0.29, 0.717) is 29.9 Å². The van der Waals surface area contributed by atoms with Gasteiger partial charge in [0.15, 0.2) is 0 Å². The third-order valence-electron chi connectivity index (χ3n) is 3.56. The smallest absolute Gasteiger partial charge is 0.255 e. The van der Waals surface area contributed by atoms with E-state index < -0.39 is 0 Å². The zero-order valence-corrected chi connectivity index (χ0v) is 14.1. The molecular formula is C20H22N2O2. The SMILES string of the molecule is C=C(C)CN(CC)C(=O)c1ccc(NC(=O)c2ccccc2)cc1. The zero-order chi connectivity index (χ0) is 17.5.